The molecule has 0 spiro atoms. The molecule has 8 nitrogen and oxygen atoms in total. The van der Waals surface area contributed by atoms with Crippen molar-refractivity contribution in [3.8, 4) is 0 Å². The Kier molecular flexibility index (Phi) is 5.75. The van der Waals surface area contributed by atoms with E-state index in [4.69, 9.17) is 4.42 Å². The topological polar surface area (TPSA) is 94.9 Å². The van der Waals surface area contributed by atoms with Crippen molar-refractivity contribution in [2.24, 2.45) is 0 Å². The molecule has 0 bridgehead atoms. The van der Waals surface area contributed by atoms with E-state index >= 15 is 0 Å². The molecule has 8 heteroatoms. The number of hydrogen-bond donors (Lipinski definition) is 2. The van der Waals surface area contributed by atoms with Gasteiger partial charge in [0.1, 0.15) is 5.76 Å². The lowest BCUT2D eigenvalue weighted by Crippen LogP contribution is -2.35. The molecule has 1 aromatic heterocycles. The highest BCUT2D eigenvalue weighted by molar-refractivity contribution is 6.01. The van der Waals surface area contributed by atoms with Crippen molar-refractivity contribution in [1.29, 1.82) is 0 Å². The van der Waals surface area contributed by atoms with Gasteiger partial charge in [0, 0.05) is 19.5 Å². The van der Waals surface area contributed by atoms with Gasteiger partial charge in [0.25, 0.3) is 0 Å². The number of carbonyl (C=O) groups excluding carboxylic acids is 3. The first-order chi connectivity index (χ1) is 11.0. The Morgan fingerprint density at radius 2 is 2.26 bits per heavy atom. The van der Waals surface area contributed by atoms with Crippen molar-refractivity contribution in [1.82, 2.24) is 20.4 Å². The first kappa shape index (κ1) is 17.0. The number of furan rings is 1. The van der Waals surface area contributed by atoms with Gasteiger partial charge in [-0.15, -0.1) is 0 Å². The maximum absolute atomic E-state index is 11.9. The molecule has 126 valence electrons. The molecule has 0 aromatic carbocycles. The number of carbonyl (C=O) groups is 3. The summed E-state index contributed by atoms with van der Waals surface area (Å²) in [7, 11) is 3.83. The SMILES string of the molecule is CN(C)C(CNC(=O)CCCN1C(=O)CNC1=O)c1ccco1. The van der Waals surface area contributed by atoms with E-state index in [1.165, 1.54) is 0 Å². The molecular formula is C15H22N4O4. The fourth-order valence-electron chi connectivity index (χ4n) is 2.40. The predicted molar refractivity (Wildman–Crippen MR) is 82.5 cm³/mol. The normalized spacial score (nSPS) is 15.9. The lowest BCUT2D eigenvalue weighted by molar-refractivity contribution is -0.126. The first-order valence-corrected chi connectivity index (χ1v) is 7.53. The molecule has 1 atom stereocenters. The number of likely N-dealkylation sites (N-methyl/N-ethyl adjacent to an activating group) is 1. The maximum Gasteiger partial charge on any atom is 0.324 e. The Morgan fingerprint density at radius 1 is 1.48 bits per heavy atom. The number of amides is 4. The Labute approximate surface area is 134 Å². The molecule has 0 radical (unpaired) electrons. The summed E-state index contributed by atoms with van der Waals surface area (Å²) >= 11 is 0. The van der Waals surface area contributed by atoms with Crippen LogP contribution in [0.4, 0.5) is 4.79 Å². The standard InChI is InChI=1S/C15H22N4O4/c1-18(2)11(12-5-4-8-23-12)9-16-13(20)6-3-7-19-14(21)10-17-15(19)22/h4-5,8,11H,3,6-7,9-10H2,1-2H3,(H,16,20)(H,17,22). The second-order valence-electron chi connectivity index (χ2n) is 5.61. The Bertz CT molecular complexity index is 540. The van der Waals surface area contributed by atoms with Crippen molar-refractivity contribution in [2.75, 3.05) is 33.7 Å². The molecule has 2 heterocycles. The lowest BCUT2D eigenvalue weighted by atomic mass is 10.2. The van der Waals surface area contributed by atoms with Gasteiger partial charge in [0.2, 0.25) is 11.8 Å². The van der Waals surface area contributed by atoms with Gasteiger partial charge in [0.15, 0.2) is 0 Å². The van der Waals surface area contributed by atoms with Crippen molar-refractivity contribution >= 4 is 17.8 Å². The zero-order valence-corrected chi connectivity index (χ0v) is 13.4. The highest BCUT2D eigenvalue weighted by Crippen LogP contribution is 2.17. The molecular weight excluding hydrogens is 300 g/mol. The van der Waals surface area contributed by atoms with Gasteiger partial charge in [-0.05, 0) is 32.6 Å². The molecule has 23 heavy (non-hydrogen) atoms. The van der Waals surface area contributed by atoms with E-state index < -0.39 is 0 Å². The summed E-state index contributed by atoms with van der Waals surface area (Å²) in [6.07, 6.45) is 2.31. The molecule has 0 saturated carbocycles. The number of urea groups is 1. The zero-order valence-electron chi connectivity index (χ0n) is 13.4. The average Bonchev–Trinajstić information content (AvgIpc) is 3.12. The Balaban J connectivity index is 1.72. The van der Waals surface area contributed by atoms with Crippen LogP contribution in [0.25, 0.3) is 0 Å². The summed E-state index contributed by atoms with van der Waals surface area (Å²) in [6, 6.07) is 3.25. The van der Waals surface area contributed by atoms with Crippen molar-refractivity contribution in [2.45, 2.75) is 18.9 Å². The number of nitrogens with one attached hydrogen (secondary N) is 2. The molecule has 1 aromatic rings. The number of hydrogen-bond acceptors (Lipinski definition) is 5. The van der Waals surface area contributed by atoms with Crippen LogP contribution in [0.15, 0.2) is 22.8 Å². The largest absolute Gasteiger partial charge is 0.468 e. The van der Waals surface area contributed by atoms with Gasteiger partial charge in [-0.2, -0.15) is 0 Å². The minimum absolute atomic E-state index is 0.0404. The van der Waals surface area contributed by atoms with Crippen LogP contribution >= 0.6 is 0 Å². The van der Waals surface area contributed by atoms with Gasteiger partial charge >= 0.3 is 6.03 Å². The van der Waals surface area contributed by atoms with Crippen LogP contribution in [0.3, 0.4) is 0 Å². The van der Waals surface area contributed by atoms with Crippen LogP contribution in [0.1, 0.15) is 24.6 Å². The molecule has 1 fully saturated rings. The highest BCUT2D eigenvalue weighted by Gasteiger charge is 2.27. The maximum atomic E-state index is 11.9. The van der Waals surface area contributed by atoms with Crippen molar-refractivity contribution in [3.05, 3.63) is 24.2 Å². The van der Waals surface area contributed by atoms with Gasteiger partial charge in [-0.25, -0.2) is 4.79 Å². The van der Waals surface area contributed by atoms with Crippen LogP contribution in [-0.4, -0.2) is 61.4 Å². The highest BCUT2D eigenvalue weighted by atomic mass is 16.3. The summed E-state index contributed by atoms with van der Waals surface area (Å²) in [5.74, 6) is 0.422. The summed E-state index contributed by atoms with van der Waals surface area (Å²) in [5, 5.41) is 5.30. The minimum Gasteiger partial charge on any atom is -0.468 e. The van der Waals surface area contributed by atoms with E-state index in [0.29, 0.717) is 13.0 Å². The Hall–Kier alpha value is -2.35. The monoisotopic (exact) mass is 322 g/mol. The third kappa shape index (κ3) is 4.56. The van der Waals surface area contributed by atoms with E-state index in [1.54, 1.807) is 6.26 Å². The number of rotatable bonds is 8. The molecule has 1 aliphatic rings. The second kappa shape index (κ2) is 7.77. The third-order valence-electron chi connectivity index (χ3n) is 3.71. The zero-order chi connectivity index (χ0) is 16.8. The van der Waals surface area contributed by atoms with Crippen LogP contribution in [-0.2, 0) is 9.59 Å². The molecule has 2 N–H and O–H groups in total. The van der Waals surface area contributed by atoms with Crippen molar-refractivity contribution < 1.29 is 18.8 Å². The summed E-state index contributed by atoms with van der Waals surface area (Å²) in [5.41, 5.74) is 0. The van der Waals surface area contributed by atoms with Crippen LogP contribution < -0.4 is 10.6 Å². The van der Waals surface area contributed by atoms with E-state index in [2.05, 4.69) is 10.6 Å². The van der Waals surface area contributed by atoms with Gasteiger partial charge < -0.3 is 15.1 Å². The predicted octanol–water partition coefficient (Wildman–Crippen LogP) is 0.331. The summed E-state index contributed by atoms with van der Waals surface area (Å²) in [6.45, 7) is 0.731. The average molecular weight is 322 g/mol. The number of imide groups is 1. The van der Waals surface area contributed by atoms with Gasteiger partial charge in [-0.1, -0.05) is 0 Å². The quantitative estimate of drug-likeness (QED) is 0.673. The molecule has 1 saturated heterocycles. The molecule has 0 aliphatic carbocycles. The van der Waals surface area contributed by atoms with Crippen LogP contribution in [0.2, 0.25) is 0 Å². The van der Waals surface area contributed by atoms with Crippen molar-refractivity contribution in [3.63, 3.8) is 0 Å². The number of nitrogens with zero attached hydrogens (tertiary/aromatic N) is 2. The van der Waals surface area contributed by atoms with Gasteiger partial charge in [-0.3, -0.25) is 19.4 Å². The van der Waals surface area contributed by atoms with E-state index in [0.717, 1.165) is 10.7 Å². The smallest absolute Gasteiger partial charge is 0.324 e. The molecule has 2 rings (SSSR count). The first-order valence-electron chi connectivity index (χ1n) is 7.53. The van der Waals surface area contributed by atoms with Gasteiger partial charge in [0.05, 0.1) is 18.8 Å². The third-order valence-corrected chi connectivity index (χ3v) is 3.71. The van der Waals surface area contributed by atoms with Crippen LogP contribution in [0.5, 0.6) is 0 Å². The van der Waals surface area contributed by atoms with E-state index in [1.807, 2.05) is 31.1 Å². The van der Waals surface area contributed by atoms with E-state index in [9.17, 15) is 14.4 Å². The fourth-order valence-corrected chi connectivity index (χ4v) is 2.40. The lowest BCUT2D eigenvalue weighted by Gasteiger charge is -2.22. The minimum atomic E-state index is -0.388. The molecule has 4 amide bonds. The summed E-state index contributed by atoms with van der Waals surface area (Å²) < 4.78 is 5.38. The summed E-state index contributed by atoms with van der Waals surface area (Å²) in [4.78, 5) is 37.8. The second-order valence-corrected chi connectivity index (χ2v) is 5.61. The van der Waals surface area contributed by atoms with Crippen LogP contribution in [0, 0.1) is 0 Å². The Morgan fingerprint density at radius 3 is 2.83 bits per heavy atom. The van der Waals surface area contributed by atoms with E-state index in [-0.39, 0.29) is 43.4 Å². The molecule has 1 unspecified atom stereocenters. The fraction of sp³-hybridized carbons (Fsp3) is 0.533. The molecule has 1 aliphatic heterocycles.